The molecule has 102 valence electrons. The van der Waals surface area contributed by atoms with Gasteiger partial charge >= 0.3 is 5.97 Å². The van der Waals surface area contributed by atoms with Gasteiger partial charge in [0.1, 0.15) is 0 Å². The summed E-state index contributed by atoms with van der Waals surface area (Å²) in [5.74, 6) is -0.960. The number of carboxylic acid groups (broad SMARTS) is 1. The predicted molar refractivity (Wildman–Crippen MR) is 80.5 cm³/mol. The minimum absolute atomic E-state index is 0.234. The molecule has 0 bridgehead atoms. The molecule has 0 aliphatic carbocycles. The zero-order valence-corrected chi connectivity index (χ0v) is 11.4. The highest BCUT2D eigenvalue weighted by Crippen LogP contribution is 2.14. The van der Waals surface area contributed by atoms with Gasteiger partial charge < -0.3 is 5.11 Å². The van der Waals surface area contributed by atoms with Crippen LogP contribution in [-0.4, -0.2) is 17.3 Å². The third kappa shape index (κ3) is 3.23. The maximum Gasteiger partial charge on any atom is 0.336 e. The highest BCUT2D eigenvalue weighted by molar-refractivity contribution is 5.98. The third-order valence-corrected chi connectivity index (χ3v) is 3.10. The van der Waals surface area contributed by atoms with Crippen LogP contribution in [0.3, 0.4) is 0 Å². The summed E-state index contributed by atoms with van der Waals surface area (Å²) in [6.45, 7) is 4.08. The molecule has 0 aliphatic heterocycles. The van der Waals surface area contributed by atoms with E-state index < -0.39 is 5.97 Å². The summed E-state index contributed by atoms with van der Waals surface area (Å²) in [6.07, 6.45) is 1.51. The largest absolute Gasteiger partial charge is 0.478 e. The number of rotatable bonds is 4. The highest BCUT2D eigenvalue weighted by atomic mass is 16.4. The van der Waals surface area contributed by atoms with Gasteiger partial charge in [-0.15, -0.1) is 0 Å². The highest BCUT2D eigenvalue weighted by Gasteiger charge is 2.06. The number of nitrogens with zero attached hydrogens (tertiary/aromatic N) is 1. The Kier molecular flexibility index (Phi) is 4.15. The second kappa shape index (κ2) is 6.02. The van der Waals surface area contributed by atoms with Gasteiger partial charge in [0, 0.05) is 5.56 Å². The van der Waals surface area contributed by atoms with Crippen LogP contribution in [0.2, 0.25) is 0 Å². The SMILES string of the molecule is Cc1ccc(NN=Cc2ccccc2C(=O)O)cc1C. The predicted octanol–water partition coefficient (Wildman–Crippen LogP) is 3.45. The van der Waals surface area contributed by atoms with Crippen molar-refractivity contribution < 1.29 is 9.90 Å². The van der Waals surface area contributed by atoms with Crippen molar-refractivity contribution in [3.05, 3.63) is 64.7 Å². The van der Waals surface area contributed by atoms with E-state index in [1.54, 1.807) is 24.3 Å². The van der Waals surface area contributed by atoms with Crippen molar-refractivity contribution in [2.75, 3.05) is 5.43 Å². The van der Waals surface area contributed by atoms with Crippen molar-refractivity contribution in [2.45, 2.75) is 13.8 Å². The van der Waals surface area contributed by atoms with Gasteiger partial charge in [-0.1, -0.05) is 24.3 Å². The van der Waals surface area contributed by atoms with Gasteiger partial charge in [-0.25, -0.2) is 4.79 Å². The third-order valence-electron chi connectivity index (χ3n) is 3.10. The summed E-state index contributed by atoms with van der Waals surface area (Å²) >= 11 is 0. The van der Waals surface area contributed by atoms with Crippen molar-refractivity contribution in [3.8, 4) is 0 Å². The number of aromatic carboxylic acids is 1. The summed E-state index contributed by atoms with van der Waals surface area (Å²) in [7, 11) is 0. The van der Waals surface area contributed by atoms with Crippen LogP contribution >= 0.6 is 0 Å². The summed E-state index contributed by atoms with van der Waals surface area (Å²) in [4.78, 5) is 11.1. The van der Waals surface area contributed by atoms with Gasteiger partial charge in [0.15, 0.2) is 0 Å². The number of carboxylic acids is 1. The summed E-state index contributed by atoms with van der Waals surface area (Å²) < 4.78 is 0. The number of carbonyl (C=O) groups is 1. The van der Waals surface area contributed by atoms with Crippen LogP contribution in [0.25, 0.3) is 0 Å². The first kappa shape index (κ1) is 13.8. The molecule has 0 atom stereocenters. The monoisotopic (exact) mass is 268 g/mol. The number of hydrazone groups is 1. The fourth-order valence-corrected chi connectivity index (χ4v) is 1.79. The van der Waals surface area contributed by atoms with Crippen molar-refractivity contribution in [2.24, 2.45) is 5.10 Å². The molecule has 0 fully saturated rings. The number of benzene rings is 2. The van der Waals surface area contributed by atoms with Crippen LogP contribution in [0.4, 0.5) is 5.69 Å². The molecule has 0 unspecified atom stereocenters. The fraction of sp³-hybridized carbons (Fsp3) is 0.125. The van der Waals surface area contributed by atoms with Crippen molar-refractivity contribution in [1.82, 2.24) is 0 Å². The molecule has 4 heteroatoms. The number of nitrogens with one attached hydrogen (secondary N) is 1. The molecule has 0 radical (unpaired) electrons. The maximum absolute atomic E-state index is 11.1. The molecule has 0 aliphatic rings. The van der Waals surface area contributed by atoms with Crippen LogP contribution in [-0.2, 0) is 0 Å². The molecule has 0 aromatic heterocycles. The summed E-state index contributed by atoms with van der Waals surface area (Å²) in [5, 5.41) is 13.2. The first-order valence-corrected chi connectivity index (χ1v) is 6.26. The molecule has 0 spiro atoms. The standard InChI is InChI=1S/C16H16N2O2/c1-11-7-8-14(9-12(11)2)18-17-10-13-5-3-4-6-15(13)16(19)20/h3-10,18H,1-2H3,(H,19,20). The lowest BCUT2D eigenvalue weighted by atomic mass is 10.1. The molecule has 2 N–H and O–H groups in total. The van der Waals surface area contributed by atoms with E-state index in [0.29, 0.717) is 5.56 Å². The Morgan fingerprint density at radius 3 is 2.60 bits per heavy atom. The van der Waals surface area contributed by atoms with Crippen LogP contribution in [0, 0.1) is 13.8 Å². The fourth-order valence-electron chi connectivity index (χ4n) is 1.79. The van der Waals surface area contributed by atoms with Crippen LogP contribution in [0.1, 0.15) is 27.0 Å². The number of hydrogen-bond donors (Lipinski definition) is 2. The Hall–Kier alpha value is -2.62. The van der Waals surface area contributed by atoms with E-state index in [9.17, 15) is 4.79 Å². The molecular formula is C16H16N2O2. The molecule has 2 rings (SSSR count). The van der Waals surface area contributed by atoms with Crippen molar-refractivity contribution in [1.29, 1.82) is 0 Å². The van der Waals surface area contributed by atoms with E-state index >= 15 is 0 Å². The lowest BCUT2D eigenvalue weighted by Gasteiger charge is -2.04. The van der Waals surface area contributed by atoms with Gasteiger partial charge in [0.05, 0.1) is 17.5 Å². The zero-order valence-electron chi connectivity index (χ0n) is 11.4. The molecule has 0 saturated carbocycles. The average molecular weight is 268 g/mol. The molecule has 2 aromatic carbocycles. The van der Waals surface area contributed by atoms with E-state index in [1.165, 1.54) is 17.3 Å². The normalized spacial score (nSPS) is 10.7. The number of anilines is 1. The quantitative estimate of drug-likeness (QED) is 0.659. The Labute approximate surface area is 117 Å². The Balaban J connectivity index is 2.14. The van der Waals surface area contributed by atoms with Crippen LogP contribution < -0.4 is 5.43 Å². The van der Waals surface area contributed by atoms with E-state index in [1.807, 2.05) is 32.0 Å². The van der Waals surface area contributed by atoms with E-state index in [2.05, 4.69) is 10.5 Å². The van der Waals surface area contributed by atoms with Gasteiger partial charge in [0.2, 0.25) is 0 Å². The number of hydrogen-bond acceptors (Lipinski definition) is 3. The van der Waals surface area contributed by atoms with Crippen LogP contribution in [0.5, 0.6) is 0 Å². The molecular weight excluding hydrogens is 252 g/mol. The van der Waals surface area contributed by atoms with Gasteiger partial charge in [0.25, 0.3) is 0 Å². The smallest absolute Gasteiger partial charge is 0.336 e. The Bertz CT molecular complexity index is 663. The topological polar surface area (TPSA) is 61.7 Å². The second-order valence-electron chi connectivity index (χ2n) is 4.56. The minimum Gasteiger partial charge on any atom is -0.478 e. The minimum atomic E-state index is -0.960. The zero-order chi connectivity index (χ0) is 14.5. The second-order valence-corrected chi connectivity index (χ2v) is 4.56. The molecule has 4 nitrogen and oxygen atoms in total. The van der Waals surface area contributed by atoms with Gasteiger partial charge in [-0.2, -0.15) is 5.10 Å². The van der Waals surface area contributed by atoms with E-state index in [4.69, 9.17) is 5.11 Å². The summed E-state index contributed by atoms with van der Waals surface area (Å²) in [5.41, 5.74) is 6.97. The van der Waals surface area contributed by atoms with Gasteiger partial charge in [-0.05, 0) is 43.2 Å². The van der Waals surface area contributed by atoms with Crippen molar-refractivity contribution in [3.63, 3.8) is 0 Å². The molecule has 20 heavy (non-hydrogen) atoms. The lowest BCUT2D eigenvalue weighted by Crippen LogP contribution is -2.02. The maximum atomic E-state index is 11.1. The number of aryl methyl sites for hydroxylation is 2. The van der Waals surface area contributed by atoms with Gasteiger partial charge in [-0.3, -0.25) is 5.43 Å². The Morgan fingerprint density at radius 2 is 1.90 bits per heavy atom. The van der Waals surface area contributed by atoms with Crippen LogP contribution in [0.15, 0.2) is 47.6 Å². The lowest BCUT2D eigenvalue weighted by molar-refractivity contribution is 0.0697. The Morgan fingerprint density at radius 1 is 1.15 bits per heavy atom. The molecule has 0 amide bonds. The molecule has 0 heterocycles. The first-order chi connectivity index (χ1) is 9.58. The average Bonchev–Trinajstić information content (AvgIpc) is 2.43. The molecule has 0 saturated heterocycles. The van der Waals surface area contributed by atoms with E-state index in [-0.39, 0.29) is 5.56 Å². The van der Waals surface area contributed by atoms with Crippen molar-refractivity contribution >= 4 is 17.9 Å². The van der Waals surface area contributed by atoms with E-state index in [0.717, 1.165) is 5.69 Å². The summed E-state index contributed by atoms with van der Waals surface area (Å²) in [6, 6.07) is 12.7. The molecule has 2 aromatic rings. The first-order valence-electron chi connectivity index (χ1n) is 6.26.